The molecule has 0 bridgehead atoms. The molecule has 1 atom stereocenters. The molecule has 0 saturated carbocycles. The van der Waals surface area contributed by atoms with Crippen LogP contribution >= 0.6 is 0 Å². The van der Waals surface area contributed by atoms with Crippen molar-refractivity contribution in [2.24, 2.45) is 0 Å². The first-order valence-corrected chi connectivity index (χ1v) is 7.46. The summed E-state index contributed by atoms with van der Waals surface area (Å²) in [6.45, 7) is 1.53. The molecule has 0 aromatic rings. The van der Waals surface area contributed by atoms with Gasteiger partial charge < -0.3 is 10.4 Å². The molecule has 106 valence electrons. The molecule has 0 fully saturated rings. The van der Waals surface area contributed by atoms with Crippen LogP contribution in [0.2, 0.25) is 0 Å². The van der Waals surface area contributed by atoms with Gasteiger partial charge in [0.15, 0.2) is 0 Å². The molecule has 1 amide bonds. The highest BCUT2D eigenvalue weighted by Gasteiger charge is 2.21. The maximum Gasteiger partial charge on any atom is 0.326 e. The fraction of sp³-hybridized carbons (Fsp3) is 0.800. The molecule has 0 heterocycles. The van der Waals surface area contributed by atoms with Crippen LogP contribution in [0.1, 0.15) is 26.2 Å². The van der Waals surface area contributed by atoms with Crippen LogP contribution in [-0.2, 0) is 19.6 Å². The lowest BCUT2D eigenvalue weighted by Crippen LogP contribution is -2.45. The summed E-state index contributed by atoms with van der Waals surface area (Å²) in [4.78, 5) is 22.4. The van der Waals surface area contributed by atoms with Crippen molar-refractivity contribution in [3.63, 3.8) is 0 Å². The van der Waals surface area contributed by atoms with E-state index in [1.807, 2.05) is 6.92 Å². The van der Waals surface area contributed by atoms with E-state index in [1.54, 1.807) is 0 Å². The number of hydrogen-bond donors (Lipinski definition) is 2. The van der Waals surface area contributed by atoms with Crippen molar-refractivity contribution in [3.05, 3.63) is 0 Å². The number of amides is 1. The Labute approximate surface area is 107 Å². The van der Waals surface area contributed by atoms with Crippen molar-refractivity contribution in [3.8, 4) is 0 Å². The minimum absolute atomic E-state index is 0.333. The number of nitrogens with one attached hydrogen (secondary N) is 1. The van der Waals surface area contributed by atoms with E-state index in [9.17, 15) is 18.0 Å². The monoisotopic (exact) mass is 280 g/mol. The van der Waals surface area contributed by atoms with Gasteiger partial charge in [0.25, 0.3) is 0 Å². The number of nitrogens with zero attached hydrogens (tertiary/aromatic N) is 1. The van der Waals surface area contributed by atoms with Crippen LogP contribution in [0.3, 0.4) is 0 Å². The lowest BCUT2D eigenvalue weighted by molar-refractivity contribution is -0.142. The van der Waals surface area contributed by atoms with Crippen LogP contribution in [-0.4, -0.2) is 55.6 Å². The van der Waals surface area contributed by atoms with Gasteiger partial charge in [-0.2, -0.15) is 4.31 Å². The van der Waals surface area contributed by atoms with Crippen LogP contribution in [0.5, 0.6) is 0 Å². The Morgan fingerprint density at radius 2 is 1.94 bits per heavy atom. The van der Waals surface area contributed by atoms with Crippen molar-refractivity contribution in [2.75, 3.05) is 19.8 Å². The highest BCUT2D eigenvalue weighted by Crippen LogP contribution is 2.01. The van der Waals surface area contributed by atoms with Crippen LogP contribution in [0, 0.1) is 0 Å². The lowest BCUT2D eigenvalue weighted by Gasteiger charge is -2.17. The Kier molecular flexibility index (Phi) is 6.85. The first kappa shape index (κ1) is 16.9. The Morgan fingerprint density at radius 1 is 1.39 bits per heavy atom. The first-order chi connectivity index (χ1) is 8.18. The molecule has 7 nitrogen and oxygen atoms in total. The molecule has 0 aromatic carbocycles. The van der Waals surface area contributed by atoms with E-state index in [4.69, 9.17) is 5.11 Å². The summed E-state index contributed by atoms with van der Waals surface area (Å²) < 4.78 is 23.0. The second-order valence-corrected chi connectivity index (χ2v) is 6.21. The van der Waals surface area contributed by atoms with E-state index in [0.717, 1.165) is 17.0 Å². The van der Waals surface area contributed by atoms with Gasteiger partial charge >= 0.3 is 5.97 Å². The number of unbranched alkanes of at least 4 members (excludes halogenated alkanes) is 1. The maximum absolute atomic E-state index is 11.5. The van der Waals surface area contributed by atoms with E-state index < -0.39 is 27.9 Å². The number of rotatable bonds is 8. The van der Waals surface area contributed by atoms with E-state index in [1.165, 1.54) is 7.05 Å². The highest BCUT2D eigenvalue weighted by molar-refractivity contribution is 7.88. The average Bonchev–Trinajstić information content (AvgIpc) is 2.22. The Hall–Kier alpha value is -1.15. The van der Waals surface area contributed by atoms with Gasteiger partial charge in [-0.05, 0) is 6.42 Å². The second kappa shape index (κ2) is 7.32. The quantitative estimate of drug-likeness (QED) is 0.631. The zero-order chi connectivity index (χ0) is 14.3. The fourth-order valence-corrected chi connectivity index (χ4v) is 1.58. The van der Waals surface area contributed by atoms with E-state index in [2.05, 4.69) is 5.32 Å². The molecule has 0 aromatic heterocycles. The largest absolute Gasteiger partial charge is 0.480 e. The summed E-state index contributed by atoms with van der Waals surface area (Å²) in [6.07, 6.45) is 2.81. The van der Waals surface area contributed by atoms with Crippen molar-refractivity contribution >= 4 is 21.9 Å². The third kappa shape index (κ3) is 6.55. The Bertz CT molecular complexity index is 393. The minimum atomic E-state index is -3.45. The van der Waals surface area contributed by atoms with E-state index in [0.29, 0.717) is 12.8 Å². The number of carboxylic acids is 1. The molecule has 8 heteroatoms. The second-order valence-electron chi connectivity index (χ2n) is 4.12. The molecule has 0 aliphatic rings. The van der Waals surface area contributed by atoms with Gasteiger partial charge in [0.1, 0.15) is 6.04 Å². The van der Waals surface area contributed by atoms with Crippen LogP contribution in [0.25, 0.3) is 0 Å². The smallest absolute Gasteiger partial charge is 0.326 e. The van der Waals surface area contributed by atoms with Crippen molar-refractivity contribution < 1.29 is 23.1 Å². The SMILES string of the molecule is CCCC[C@H](NC(=O)CN(C)S(C)(=O)=O)C(=O)O. The topological polar surface area (TPSA) is 104 Å². The number of sulfonamides is 1. The molecular formula is C10H20N2O5S. The normalized spacial score (nSPS) is 13.3. The standard InChI is InChI=1S/C10H20N2O5S/c1-4-5-6-8(10(14)15)11-9(13)7-12(2)18(3,16)17/h8H,4-7H2,1-3H3,(H,11,13)(H,14,15)/t8-/m0/s1. The van der Waals surface area contributed by atoms with Gasteiger partial charge in [-0.1, -0.05) is 19.8 Å². The predicted octanol–water partition coefficient (Wildman–Crippen LogP) is -0.363. The number of carbonyl (C=O) groups is 2. The Balaban J connectivity index is 4.39. The summed E-state index contributed by atoms with van der Waals surface area (Å²) >= 11 is 0. The van der Waals surface area contributed by atoms with Gasteiger partial charge in [-0.25, -0.2) is 13.2 Å². The third-order valence-electron chi connectivity index (χ3n) is 2.41. The maximum atomic E-state index is 11.5. The Morgan fingerprint density at radius 3 is 2.33 bits per heavy atom. The highest BCUT2D eigenvalue weighted by atomic mass is 32.2. The summed E-state index contributed by atoms with van der Waals surface area (Å²) in [5.74, 6) is -1.73. The average molecular weight is 280 g/mol. The zero-order valence-corrected chi connectivity index (χ0v) is 11.7. The third-order valence-corrected chi connectivity index (χ3v) is 3.67. The number of aliphatic carboxylic acids is 1. The molecule has 2 N–H and O–H groups in total. The van der Waals surface area contributed by atoms with E-state index >= 15 is 0 Å². The van der Waals surface area contributed by atoms with Gasteiger partial charge in [-0.15, -0.1) is 0 Å². The summed E-state index contributed by atoms with van der Waals surface area (Å²) in [6, 6.07) is -0.967. The van der Waals surface area contributed by atoms with Gasteiger partial charge in [0.2, 0.25) is 15.9 Å². The molecule has 0 unspecified atom stereocenters. The lowest BCUT2D eigenvalue weighted by atomic mass is 10.1. The number of likely N-dealkylation sites (N-methyl/N-ethyl adjacent to an activating group) is 1. The molecule has 0 aliphatic heterocycles. The van der Waals surface area contributed by atoms with E-state index in [-0.39, 0.29) is 6.54 Å². The molecule has 0 saturated heterocycles. The number of carboxylic acid groups (broad SMARTS) is 1. The van der Waals surface area contributed by atoms with Crippen molar-refractivity contribution in [2.45, 2.75) is 32.2 Å². The molecular weight excluding hydrogens is 260 g/mol. The van der Waals surface area contributed by atoms with Gasteiger partial charge in [0.05, 0.1) is 12.8 Å². The first-order valence-electron chi connectivity index (χ1n) is 5.62. The van der Waals surface area contributed by atoms with Crippen molar-refractivity contribution in [1.82, 2.24) is 9.62 Å². The van der Waals surface area contributed by atoms with Crippen LogP contribution in [0.4, 0.5) is 0 Å². The van der Waals surface area contributed by atoms with Crippen LogP contribution in [0.15, 0.2) is 0 Å². The van der Waals surface area contributed by atoms with Crippen LogP contribution < -0.4 is 5.32 Å². The summed E-state index contributed by atoms with van der Waals surface area (Å²) in [7, 11) is -2.19. The molecule has 0 spiro atoms. The molecule has 0 radical (unpaired) electrons. The predicted molar refractivity (Wildman–Crippen MR) is 66.6 cm³/mol. The summed E-state index contributed by atoms with van der Waals surface area (Å²) in [5, 5.41) is 11.2. The number of hydrogen-bond acceptors (Lipinski definition) is 4. The molecule has 0 rings (SSSR count). The number of carbonyl (C=O) groups excluding carboxylic acids is 1. The minimum Gasteiger partial charge on any atom is -0.480 e. The zero-order valence-electron chi connectivity index (χ0n) is 10.8. The summed E-state index contributed by atoms with van der Waals surface area (Å²) in [5.41, 5.74) is 0. The molecule has 18 heavy (non-hydrogen) atoms. The fourth-order valence-electron chi connectivity index (χ4n) is 1.23. The van der Waals surface area contributed by atoms with Gasteiger partial charge in [0, 0.05) is 7.05 Å². The van der Waals surface area contributed by atoms with Gasteiger partial charge in [-0.3, -0.25) is 4.79 Å². The molecule has 0 aliphatic carbocycles. The van der Waals surface area contributed by atoms with Crippen molar-refractivity contribution in [1.29, 1.82) is 0 Å².